The number of carbonyl (C=O) groups excluding carboxylic acids is 1. The zero-order chi connectivity index (χ0) is 13.0. The topological polar surface area (TPSA) is 29.1 Å². The molecule has 0 saturated heterocycles. The number of halogens is 3. The molecule has 1 atom stereocenters. The fraction of sp³-hybridized carbons (Fsp3) is 0.417. The number of alkyl halides is 1. The molecule has 5 heteroatoms. The van der Waals surface area contributed by atoms with E-state index in [9.17, 15) is 4.79 Å². The van der Waals surface area contributed by atoms with E-state index in [4.69, 9.17) is 23.2 Å². The van der Waals surface area contributed by atoms with E-state index in [1.807, 2.05) is 0 Å². The quantitative estimate of drug-likeness (QED) is 0.611. The van der Waals surface area contributed by atoms with Crippen molar-refractivity contribution in [3.05, 3.63) is 33.8 Å². The smallest absolute Gasteiger partial charge is 0.253 e. The highest BCUT2D eigenvalue weighted by molar-refractivity contribution is 14.1. The Labute approximate surface area is 125 Å². The van der Waals surface area contributed by atoms with Crippen molar-refractivity contribution in [2.75, 3.05) is 4.43 Å². The Morgan fingerprint density at radius 2 is 2.06 bits per heavy atom. The largest absolute Gasteiger partial charge is 0.348 e. The number of amides is 1. The van der Waals surface area contributed by atoms with Gasteiger partial charge in [-0.3, -0.25) is 4.79 Å². The minimum atomic E-state index is -0.173. The molecule has 0 bridgehead atoms. The SMILES string of the molecule is CC(C)C(CI)NC(=O)c1cccc(Cl)c1Cl. The van der Waals surface area contributed by atoms with Gasteiger partial charge in [0.05, 0.1) is 15.6 Å². The van der Waals surface area contributed by atoms with E-state index in [-0.39, 0.29) is 11.9 Å². The fourth-order valence-electron chi connectivity index (χ4n) is 1.31. The lowest BCUT2D eigenvalue weighted by Crippen LogP contribution is -2.39. The highest BCUT2D eigenvalue weighted by atomic mass is 127. The lowest BCUT2D eigenvalue weighted by Gasteiger charge is -2.20. The molecule has 0 aliphatic heterocycles. The van der Waals surface area contributed by atoms with E-state index in [1.165, 1.54) is 0 Å². The molecule has 1 amide bonds. The van der Waals surface area contributed by atoms with Crippen LogP contribution >= 0.6 is 45.8 Å². The average Bonchev–Trinajstić information content (AvgIpc) is 2.28. The van der Waals surface area contributed by atoms with Gasteiger partial charge in [0.1, 0.15) is 0 Å². The standard InChI is InChI=1S/C12H14Cl2INO/c1-7(2)10(6-15)16-12(17)8-4-3-5-9(13)11(8)14/h3-5,7,10H,6H2,1-2H3,(H,16,17). The lowest BCUT2D eigenvalue weighted by molar-refractivity contribution is 0.0932. The Hall–Kier alpha value is -0.0000000000000000555. The summed E-state index contributed by atoms with van der Waals surface area (Å²) in [5.74, 6) is 0.210. The van der Waals surface area contributed by atoms with Crippen LogP contribution in [0.4, 0.5) is 0 Å². The molecule has 0 fully saturated rings. The van der Waals surface area contributed by atoms with Gasteiger partial charge in [-0.2, -0.15) is 0 Å². The van der Waals surface area contributed by atoms with Crippen LogP contribution in [0.2, 0.25) is 10.0 Å². The van der Waals surface area contributed by atoms with Gasteiger partial charge in [-0.05, 0) is 18.1 Å². The van der Waals surface area contributed by atoms with Gasteiger partial charge in [-0.15, -0.1) is 0 Å². The van der Waals surface area contributed by atoms with E-state index in [0.717, 1.165) is 4.43 Å². The van der Waals surface area contributed by atoms with E-state index in [2.05, 4.69) is 41.8 Å². The zero-order valence-electron chi connectivity index (χ0n) is 9.64. The summed E-state index contributed by atoms with van der Waals surface area (Å²) in [7, 11) is 0. The maximum absolute atomic E-state index is 12.0. The van der Waals surface area contributed by atoms with Gasteiger partial charge in [0.25, 0.3) is 5.91 Å². The first-order valence-corrected chi connectivity index (χ1v) is 7.56. The first kappa shape index (κ1) is 15.1. The summed E-state index contributed by atoms with van der Waals surface area (Å²) in [6.07, 6.45) is 0. The molecule has 0 aliphatic rings. The second kappa shape index (κ2) is 6.81. The van der Waals surface area contributed by atoms with Gasteiger partial charge < -0.3 is 5.32 Å². The van der Waals surface area contributed by atoms with Crippen LogP contribution in [0.15, 0.2) is 18.2 Å². The van der Waals surface area contributed by atoms with Gasteiger partial charge >= 0.3 is 0 Å². The van der Waals surface area contributed by atoms with Gasteiger partial charge in [0.15, 0.2) is 0 Å². The predicted molar refractivity (Wildman–Crippen MR) is 81.4 cm³/mol. The molecular weight excluding hydrogens is 372 g/mol. The first-order valence-electron chi connectivity index (χ1n) is 5.28. The number of carbonyl (C=O) groups is 1. The van der Waals surface area contributed by atoms with Gasteiger partial charge in [-0.1, -0.05) is 65.7 Å². The molecule has 0 spiro atoms. The van der Waals surface area contributed by atoms with E-state index >= 15 is 0 Å². The van der Waals surface area contributed by atoms with Crippen molar-refractivity contribution in [1.29, 1.82) is 0 Å². The van der Waals surface area contributed by atoms with Crippen LogP contribution in [0.1, 0.15) is 24.2 Å². The Balaban J connectivity index is 2.86. The van der Waals surface area contributed by atoms with E-state index in [1.54, 1.807) is 18.2 Å². The van der Waals surface area contributed by atoms with Crippen molar-refractivity contribution < 1.29 is 4.79 Å². The summed E-state index contributed by atoms with van der Waals surface area (Å²) in [5, 5.41) is 3.67. The molecular formula is C12H14Cl2INO. The summed E-state index contributed by atoms with van der Waals surface area (Å²) in [4.78, 5) is 12.0. The fourth-order valence-corrected chi connectivity index (χ4v) is 2.93. The van der Waals surface area contributed by atoms with Crippen molar-refractivity contribution in [3.8, 4) is 0 Å². The molecule has 0 aromatic heterocycles. The zero-order valence-corrected chi connectivity index (χ0v) is 13.3. The average molecular weight is 386 g/mol. The Bertz CT molecular complexity index is 409. The van der Waals surface area contributed by atoms with Crippen LogP contribution in [0.3, 0.4) is 0 Å². The van der Waals surface area contributed by atoms with Gasteiger partial charge in [-0.25, -0.2) is 0 Å². The van der Waals surface area contributed by atoms with Crippen molar-refractivity contribution in [2.24, 2.45) is 5.92 Å². The monoisotopic (exact) mass is 385 g/mol. The molecule has 94 valence electrons. The molecule has 0 heterocycles. The van der Waals surface area contributed by atoms with Crippen molar-refractivity contribution in [3.63, 3.8) is 0 Å². The Kier molecular flexibility index (Phi) is 6.03. The van der Waals surface area contributed by atoms with Crippen LogP contribution in [0.5, 0.6) is 0 Å². The highest BCUT2D eigenvalue weighted by Crippen LogP contribution is 2.25. The first-order chi connectivity index (χ1) is 7.97. The summed E-state index contributed by atoms with van der Waals surface area (Å²) in [6.45, 7) is 4.15. The molecule has 1 N–H and O–H groups in total. The summed E-state index contributed by atoms with van der Waals surface area (Å²) < 4.78 is 0.860. The molecule has 1 rings (SSSR count). The lowest BCUT2D eigenvalue weighted by atomic mass is 10.1. The van der Waals surface area contributed by atoms with Crippen molar-refractivity contribution >= 4 is 51.7 Å². The second-order valence-corrected chi connectivity index (χ2v) is 5.75. The third-order valence-corrected chi connectivity index (χ3v) is 4.25. The third kappa shape index (κ3) is 4.00. The molecule has 1 aromatic carbocycles. The maximum Gasteiger partial charge on any atom is 0.253 e. The molecule has 1 aromatic rings. The van der Waals surface area contributed by atoms with Crippen molar-refractivity contribution in [1.82, 2.24) is 5.32 Å². The van der Waals surface area contributed by atoms with Crippen LogP contribution in [-0.4, -0.2) is 16.4 Å². The minimum absolute atomic E-state index is 0.137. The third-order valence-electron chi connectivity index (χ3n) is 2.48. The number of nitrogens with one attached hydrogen (secondary N) is 1. The normalized spacial score (nSPS) is 12.6. The number of rotatable bonds is 4. The van der Waals surface area contributed by atoms with Crippen LogP contribution < -0.4 is 5.32 Å². The molecule has 2 nitrogen and oxygen atoms in total. The van der Waals surface area contributed by atoms with Crippen molar-refractivity contribution in [2.45, 2.75) is 19.9 Å². The molecule has 0 radical (unpaired) electrons. The van der Waals surface area contributed by atoms with E-state index < -0.39 is 0 Å². The van der Waals surface area contributed by atoms with Crippen LogP contribution in [0, 0.1) is 5.92 Å². The summed E-state index contributed by atoms with van der Waals surface area (Å²) in [6, 6.07) is 5.20. The molecule has 1 unspecified atom stereocenters. The van der Waals surface area contributed by atoms with Gasteiger partial charge in [0.2, 0.25) is 0 Å². The Morgan fingerprint density at radius 1 is 1.41 bits per heavy atom. The predicted octanol–water partition coefficient (Wildman–Crippen LogP) is 4.18. The van der Waals surface area contributed by atoms with Crippen LogP contribution in [0.25, 0.3) is 0 Å². The second-order valence-electron chi connectivity index (χ2n) is 4.08. The number of benzene rings is 1. The van der Waals surface area contributed by atoms with Crippen LogP contribution in [-0.2, 0) is 0 Å². The number of hydrogen-bond acceptors (Lipinski definition) is 1. The number of hydrogen-bond donors (Lipinski definition) is 1. The summed E-state index contributed by atoms with van der Waals surface area (Å²) in [5.41, 5.74) is 0.426. The maximum atomic E-state index is 12.0. The molecule has 17 heavy (non-hydrogen) atoms. The summed E-state index contributed by atoms with van der Waals surface area (Å²) >= 11 is 14.1. The van der Waals surface area contributed by atoms with E-state index in [0.29, 0.717) is 21.5 Å². The highest BCUT2D eigenvalue weighted by Gasteiger charge is 2.18. The van der Waals surface area contributed by atoms with Gasteiger partial charge in [0, 0.05) is 10.5 Å². The minimum Gasteiger partial charge on any atom is -0.348 e. The Morgan fingerprint density at radius 3 is 2.59 bits per heavy atom. The molecule has 0 saturated carbocycles. The molecule has 0 aliphatic carbocycles.